The van der Waals surface area contributed by atoms with E-state index in [9.17, 15) is 4.79 Å². The average molecular weight is 198 g/mol. The van der Waals surface area contributed by atoms with Crippen LogP contribution in [0.3, 0.4) is 0 Å². The van der Waals surface area contributed by atoms with E-state index < -0.39 is 0 Å². The molecule has 2 aromatic heterocycles. The molecule has 0 fully saturated rings. The lowest BCUT2D eigenvalue weighted by molar-refractivity contribution is 0.602. The molecule has 3 rings (SSSR count). The number of pyridine rings is 1. The zero-order chi connectivity index (χ0) is 10.3. The molecule has 1 aromatic carbocycles. The Labute approximate surface area is 84.2 Å². The van der Waals surface area contributed by atoms with Crippen molar-refractivity contribution in [3.63, 3.8) is 0 Å². The van der Waals surface area contributed by atoms with E-state index in [-0.39, 0.29) is 5.43 Å². The van der Waals surface area contributed by atoms with Crippen LogP contribution in [0.5, 0.6) is 0 Å². The highest BCUT2D eigenvalue weighted by molar-refractivity contribution is 5.86. The van der Waals surface area contributed by atoms with E-state index in [4.69, 9.17) is 4.42 Å². The van der Waals surface area contributed by atoms with Crippen LogP contribution in [0.15, 0.2) is 46.1 Å². The molecule has 2 heterocycles. The molecular formula is C11H6N2O2. The van der Waals surface area contributed by atoms with Crippen LogP contribution in [0.25, 0.3) is 22.0 Å². The van der Waals surface area contributed by atoms with Crippen molar-refractivity contribution < 1.29 is 4.42 Å². The first kappa shape index (κ1) is 8.11. The summed E-state index contributed by atoms with van der Waals surface area (Å²) in [4.78, 5) is 20.0. The Balaban J connectivity index is 2.71. The van der Waals surface area contributed by atoms with Crippen molar-refractivity contribution in [3.05, 3.63) is 47.1 Å². The number of aromatic nitrogens is 2. The van der Waals surface area contributed by atoms with Crippen LogP contribution in [0.4, 0.5) is 0 Å². The lowest BCUT2D eigenvalue weighted by Gasteiger charge is -1.86. The summed E-state index contributed by atoms with van der Waals surface area (Å²) >= 11 is 0. The number of hydrogen-bond acceptors (Lipinski definition) is 4. The summed E-state index contributed by atoms with van der Waals surface area (Å²) in [5.74, 6) is 0. The summed E-state index contributed by atoms with van der Waals surface area (Å²) in [5, 5.41) is 0.557. The van der Waals surface area contributed by atoms with Gasteiger partial charge in [-0.05, 0) is 24.3 Å². The van der Waals surface area contributed by atoms with E-state index >= 15 is 0 Å². The van der Waals surface area contributed by atoms with Crippen LogP contribution in [0, 0.1) is 0 Å². The summed E-state index contributed by atoms with van der Waals surface area (Å²) in [7, 11) is 0. The van der Waals surface area contributed by atoms with Gasteiger partial charge in [-0.1, -0.05) is 0 Å². The summed E-state index contributed by atoms with van der Waals surface area (Å²) in [6.45, 7) is 0. The summed E-state index contributed by atoms with van der Waals surface area (Å²) in [6, 6.07) is 6.93. The van der Waals surface area contributed by atoms with Gasteiger partial charge in [0.1, 0.15) is 0 Å². The predicted octanol–water partition coefficient (Wildman–Crippen LogP) is 1.74. The smallest absolute Gasteiger partial charge is 0.217 e. The Hall–Kier alpha value is -2.23. The van der Waals surface area contributed by atoms with Crippen LogP contribution < -0.4 is 5.43 Å². The molecule has 0 amide bonds. The maximum Gasteiger partial charge on any atom is 0.217 e. The van der Waals surface area contributed by atoms with E-state index in [2.05, 4.69) is 9.97 Å². The van der Waals surface area contributed by atoms with Crippen LogP contribution in [-0.4, -0.2) is 9.97 Å². The van der Waals surface area contributed by atoms with Crippen LogP contribution in [0.2, 0.25) is 0 Å². The van der Waals surface area contributed by atoms with Crippen LogP contribution >= 0.6 is 0 Å². The van der Waals surface area contributed by atoms with Crippen molar-refractivity contribution in [2.75, 3.05) is 0 Å². The third kappa shape index (κ3) is 1.11. The fourth-order valence-corrected chi connectivity index (χ4v) is 1.57. The van der Waals surface area contributed by atoms with Gasteiger partial charge >= 0.3 is 0 Å². The molecule has 4 nitrogen and oxygen atoms in total. The Bertz CT molecular complexity index is 703. The third-order valence-electron chi connectivity index (χ3n) is 2.29. The van der Waals surface area contributed by atoms with Crippen molar-refractivity contribution in [2.45, 2.75) is 0 Å². The minimum absolute atomic E-state index is 0.146. The normalized spacial score (nSPS) is 10.9. The molecule has 0 aliphatic carbocycles. The lowest BCUT2D eigenvalue weighted by atomic mass is 10.3. The second kappa shape index (κ2) is 2.88. The number of rotatable bonds is 0. The van der Waals surface area contributed by atoms with Crippen LogP contribution in [0.1, 0.15) is 0 Å². The fourth-order valence-electron chi connectivity index (χ4n) is 1.57. The molecule has 0 unspecified atom stereocenters. The van der Waals surface area contributed by atoms with Crippen molar-refractivity contribution >= 4 is 22.0 Å². The molecule has 0 radical (unpaired) electrons. The summed E-state index contributed by atoms with van der Waals surface area (Å²) in [5.41, 5.74) is 1.33. The first-order chi connectivity index (χ1) is 7.36. The number of hydrogen-bond donors (Lipinski definition) is 0. The van der Waals surface area contributed by atoms with Crippen molar-refractivity contribution in [3.8, 4) is 0 Å². The molecule has 0 bridgehead atoms. The highest BCUT2D eigenvalue weighted by atomic mass is 16.3. The number of nitrogens with zero attached hydrogens (tertiary/aromatic N) is 2. The quantitative estimate of drug-likeness (QED) is 0.552. The Morgan fingerprint density at radius 3 is 3.00 bits per heavy atom. The van der Waals surface area contributed by atoms with Gasteiger partial charge in [-0.25, -0.2) is 4.98 Å². The minimum Gasteiger partial charge on any atom is -0.443 e. The molecule has 0 aliphatic heterocycles. The van der Waals surface area contributed by atoms with E-state index in [1.54, 1.807) is 30.5 Å². The SMILES string of the molecule is O=c1c2cccnc2ccc2ocnc12. The van der Waals surface area contributed by atoms with Gasteiger partial charge in [-0.2, -0.15) is 0 Å². The van der Waals surface area contributed by atoms with E-state index in [0.717, 1.165) is 0 Å². The maximum absolute atomic E-state index is 12.0. The molecule has 72 valence electrons. The molecule has 0 atom stereocenters. The van der Waals surface area contributed by atoms with Crippen LogP contribution in [-0.2, 0) is 0 Å². The Morgan fingerprint density at radius 1 is 1.13 bits per heavy atom. The Kier molecular flexibility index (Phi) is 1.56. The molecule has 0 spiro atoms. The molecule has 4 heteroatoms. The van der Waals surface area contributed by atoms with Crippen molar-refractivity contribution in [1.82, 2.24) is 9.97 Å². The fraction of sp³-hybridized carbons (Fsp3) is 0. The van der Waals surface area contributed by atoms with Gasteiger partial charge in [-0.15, -0.1) is 0 Å². The molecule has 15 heavy (non-hydrogen) atoms. The van der Waals surface area contributed by atoms with Crippen molar-refractivity contribution in [2.24, 2.45) is 0 Å². The molecule has 0 saturated carbocycles. The predicted molar refractivity (Wildman–Crippen MR) is 55.6 cm³/mol. The molecular weight excluding hydrogens is 192 g/mol. The zero-order valence-corrected chi connectivity index (χ0v) is 7.68. The zero-order valence-electron chi connectivity index (χ0n) is 7.68. The van der Waals surface area contributed by atoms with Gasteiger partial charge in [0.05, 0.1) is 10.9 Å². The van der Waals surface area contributed by atoms with Gasteiger partial charge in [0.25, 0.3) is 0 Å². The largest absolute Gasteiger partial charge is 0.443 e. The van der Waals surface area contributed by atoms with Gasteiger partial charge in [0.15, 0.2) is 17.5 Å². The van der Waals surface area contributed by atoms with E-state index in [1.807, 2.05) is 0 Å². The third-order valence-corrected chi connectivity index (χ3v) is 2.29. The second-order valence-corrected chi connectivity index (χ2v) is 3.16. The van der Waals surface area contributed by atoms with E-state index in [0.29, 0.717) is 22.0 Å². The monoisotopic (exact) mass is 198 g/mol. The first-order valence-corrected chi connectivity index (χ1v) is 4.47. The Morgan fingerprint density at radius 2 is 2.07 bits per heavy atom. The average Bonchev–Trinajstić information content (AvgIpc) is 2.69. The second-order valence-electron chi connectivity index (χ2n) is 3.16. The topological polar surface area (TPSA) is 56.0 Å². The molecule has 0 saturated heterocycles. The molecule has 0 N–H and O–H groups in total. The summed E-state index contributed by atoms with van der Waals surface area (Å²) < 4.78 is 5.09. The number of oxazole rings is 1. The van der Waals surface area contributed by atoms with Gasteiger partial charge in [-0.3, -0.25) is 9.78 Å². The minimum atomic E-state index is -0.146. The first-order valence-electron chi connectivity index (χ1n) is 4.47. The van der Waals surface area contributed by atoms with Gasteiger partial charge < -0.3 is 4.42 Å². The molecule has 0 aliphatic rings. The molecule has 3 aromatic rings. The lowest BCUT2D eigenvalue weighted by Crippen LogP contribution is -1.98. The number of fused-ring (bicyclic) bond motifs is 2. The highest BCUT2D eigenvalue weighted by Crippen LogP contribution is 2.11. The standard InChI is InChI=1S/C11H6N2O2/c14-11-7-2-1-5-12-8(7)3-4-9-10(11)13-6-15-9/h1-6H. The highest BCUT2D eigenvalue weighted by Gasteiger charge is 2.05. The van der Waals surface area contributed by atoms with Gasteiger partial charge in [0.2, 0.25) is 5.43 Å². The maximum atomic E-state index is 12.0. The van der Waals surface area contributed by atoms with Crippen molar-refractivity contribution in [1.29, 1.82) is 0 Å². The van der Waals surface area contributed by atoms with E-state index in [1.165, 1.54) is 6.39 Å². The van der Waals surface area contributed by atoms with Gasteiger partial charge in [0, 0.05) is 6.20 Å². The summed E-state index contributed by atoms with van der Waals surface area (Å²) in [6.07, 6.45) is 2.92.